The summed E-state index contributed by atoms with van der Waals surface area (Å²) in [6.07, 6.45) is 4.00. The fraction of sp³-hybridized carbons (Fsp3) is 0.200. The van der Waals surface area contributed by atoms with E-state index in [1.165, 1.54) is 7.11 Å². The number of amides is 1. The van der Waals surface area contributed by atoms with E-state index in [2.05, 4.69) is 25.1 Å². The molecule has 2 aromatic heterocycles. The molecule has 4 aromatic rings. The first-order valence-corrected chi connectivity index (χ1v) is 13.1. The van der Waals surface area contributed by atoms with Gasteiger partial charge in [-0.15, -0.1) is 0 Å². The van der Waals surface area contributed by atoms with E-state index in [0.717, 1.165) is 28.3 Å². The molecule has 2 unspecified atom stereocenters. The number of nitrogens with zero attached hydrogens (tertiary/aromatic N) is 3. The third kappa shape index (κ3) is 5.68. The van der Waals surface area contributed by atoms with Crippen molar-refractivity contribution in [2.75, 3.05) is 19.0 Å². The lowest BCUT2D eigenvalue weighted by Crippen LogP contribution is -2.33. The lowest BCUT2D eigenvalue weighted by molar-refractivity contribution is -0.116. The first-order valence-electron chi connectivity index (χ1n) is 12.6. The number of hydrogen-bond donors (Lipinski definition) is 2. The van der Waals surface area contributed by atoms with E-state index in [1.807, 2.05) is 79.9 Å². The highest BCUT2D eigenvalue weighted by atomic mass is 32.1. The molecule has 198 valence electrons. The maximum Gasteiger partial charge on any atom is 0.337 e. The zero-order valence-corrected chi connectivity index (χ0v) is 22.5. The maximum atomic E-state index is 12.9. The van der Waals surface area contributed by atoms with E-state index >= 15 is 0 Å². The van der Waals surface area contributed by atoms with Gasteiger partial charge in [0, 0.05) is 42.4 Å². The molecule has 39 heavy (non-hydrogen) atoms. The summed E-state index contributed by atoms with van der Waals surface area (Å²) in [5, 5.41) is 6.99. The molecule has 2 atom stereocenters. The number of methoxy groups -OCH3 is 1. The monoisotopic (exact) mass is 539 g/mol. The highest BCUT2D eigenvalue weighted by Gasteiger charge is 2.41. The van der Waals surface area contributed by atoms with Gasteiger partial charge in [0.15, 0.2) is 5.11 Å². The Labute approximate surface area is 232 Å². The van der Waals surface area contributed by atoms with Crippen molar-refractivity contribution in [3.8, 4) is 5.69 Å². The lowest BCUT2D eigenvalue weighted by Gasteiger charge is -2.29. The summed E-state index contributed by atoms with van der Waals surface area (Å²) in [6, 6.07) is 24.4. The van der Waals surface area contributed by atoms with Crippen molar-refractivity contribution >= 4 is 34.9 Å². The van der Waals surface area contributed by atoms with Crippen molar-refractivity contribution in [3.63, 3.8) is 0 Å². The molecule has 1 aliphatic rings. The second-order valence-corrected chi connectivity index (χ2v) is 9.72. The molecule has 2 aromatic carbocycles. The zero-order valence-electron chi connectivity index (χ0n) is 21.7. The van der Waals surface area contributed by atoms with Crippen LogP contribution in [-0.4, -0.2) is 45.1 Å². The number of hydrogen-bond acceptors (Lipinski definition) is 5. The average Bonchev–Trinajstić information content (AvgIpc) is 3.56. The number of anilines is 1. The van der Waals surface area contributed by atoms with Gasteiger partial charge < -0.3 is 24.8 Å². The Morgan fingerprint density at radius 2 is 1.87 bits per heavy atom. The number of esters is 1. The van der Waals surface area contributed by atoms with Crippen molar-refractivity contribution in [1.29, 1.82) is 0 Å². The van der Waals surface area contributed by atoms with Crippen LogP contribution in [0.25, 0.3) is 5.69 Å². The van der Waals surface area contributed by atoms with Crippen molar-refractivity contribution in [1.82, 2.24) is 19.8 Å². The Kier molecular flexibility index (Phi) is 7.69. The first-order chi connectivity index (χ1) is 18.9. The van der Waals surface area contributed by atoms with Crippen LogP contribution in [0.3, 0.4) is 0 Å². The third-order valence-electron chi connectivity index (χ3n) is 6.73. The Morgan fingerprint density at radius 3 is 2.59 bits per heavy atom. The molecule has 0 spiro atoms. The van der Waals surface area contributed by atoms with Crippen LogP contribution in [-0.2, 0) is 9.53 Å². The number of thiocarbonyl (C=S) groups is 1. The van der Waals surface area contributed by atoms with Gasteiger partial charge in [-0.2, -0.15) is 0 Å². The molecular weight excluding hydrogens is 510 g/mol. The van der Waals surface area contributed by atoms with E-state index in [4.69, 9.17) is 17.0 Å². The molecule has 1 amide bonds. The Hall–Kier alpha value is -4.50. The van der Waals surface area contributed by atoms with Gasteiger partial charge in [-0.25, -0.2) is 4.79 Å². The fourth-order valence-corrected chi connectivity index (χ4v) is 5.21. The number of aromatic nitrogens is 2. The predicted octanol–water partition coefficient (Wildman–Crippen LogP) is 4.97. The maximum absolute atomic E-state index is 12.9. The van der Waals surface area contributed by atoms with Gasteiger partial charge in [0.05, 0.1) is 30.5 Å². The highest BCUT2D eigenvalue weighted by molar-refractivity contribution is 7.80. The quantitative estimate of drug-likeness (QED) is 0.241. The summed E-state index contributed by atoms with van der Waals surface area (Å²) < 4.78 is 6.90. The van der Waals surface area contributed by atoms with Gasteiger partial charge >= 0.3 is 5.97 Å². The molecular formula is C30H29N5O3S. The largest absolute Gasteiger partial charge is 0.465 e. The number of nitrogens with one attached hydrogen (secondary N) is 2. The molecule has 0 aliphatic carbocycles. The number of rotatable bonds is 8. The second kappa shape index (κ2) is 11.5. The van der Waals surface area contributed by atoms with Crippen molar-refractivity contribution in [3.05, 3.63) is 114 Å². The Bertz CT molecular complexity index is 1490. The molecule has 1 fully saturated rings. The molecule has 8 nitrogen and oxygen atoms in total. The number of benzene rings is 2. The molecule has 3 heterocycles. The van der Waals surface area contributed by atoms with E-state index in [9.17, 15) is 9.59 Å². The smallest absolute Gasteiger partial charge is 0.337 e. The number of pyridine rings is 1. The van der Waals surface area contributed by atoms with Crippen LogP contribution in [0.4, 0.5) is 5.69 Å². The molecule has 0 radical (unpaired) electrons. The summed E-state index contributed by atoms with van der Waals surface area (Å²) >= 11 is 5.78. The Morgan fingerprint density at radius 1 is 1.05 bits per heavy atom. The predicted molar refractivity (Wildman–Crippen MR) is 154 cm³/mol. The van der Waals surface area contributed by atoms with E-state index in [1.54, 1.807) is 18.3 Å². The van der Waals surface area contributed by atoms with Gasteiger partial charge in [-0.05, 0) is 85.4 Å². The molecule has 1 saturated heterocycles. The van der Waals surface area contributed by atoms with E-state index in [0.29, 0.717) is 17.2 Å². The van der Waals surface area contributed by atoms with Gasteiger partial charge in [0.25, 0.3) is 0 Å². The third-order valence-corrected chi connectivity index (χ3v) is 7.08. The second-order valence-electron chi connectivity index (χ2n) is 9.33. The van der Waals surface area contributed by atoms with Crippen molar-refractivity contribution in [2.24, 2.45) is 0 Å². The molecule has 0 bridgehead atoms. The zero-order chi connectivity index (χ0) is 27.4. The van der Waals surface area contributed by atoms with Crippen LogP contribution >= 0.6 is 12.2 Å². The SMILES string of the molecule is COC(=O)c1ccc(-n2cccc2C2C(c3ccccn3)NC(=S)N2CCC(=O)Nc2cccc(C)c2)cc1. The number of carbonyl (C=O) groups excluding carboxylic acids is 2. The van der Waals surface area contributed by atoms with Crippen LogP contribution < -0.4 is 10.6 Å². The number of ether oxygens (including phenoxy) is 1. The topological polar surface area (TPSA) is 88.5 Å². The van der Waals surface area contributed by atoms with Crippen LogP contribution in [0.5, 0.6) is 0 Å². The van der Waals surface area contributed by atoms with Crippen LogP contribution in [0.2, 0.25) is 0 Å². The minimum absolute atomic E-state index is 0.0859. The summed E-state index contributed by atoms with van der Waals surface area (Å²) in [7, 11) is 1.36. The highest BCUT2D eigenvalue weighted by Crippen LogP contribution is 2.39. The first kappa shape index (κ1) is 26.1. The van der Waals surface area contributed by atoms with Crippen LogP contribution in [0.15, 0.2) is 91.3 Å². The van der Waals surface area contributed by atoms with Gasteiger partial charge in [0.2, 0.25) is 5.91 Å². The molecule has 5 rings (SSSR count). The van der Waals surface area contributed by atoms with Crippen molar-refractivity contribution in [2.45, 2.75) is 25.4 Å². The van der Waals surface area contributed by atoms with Gasteiger partial charge in [-0.3, -0.25) is 9.78 Å². The van der Waals surface area contributed by atoms with E-state index in [-0.39, 0.29) is 30.4 Å². The average molecular weight is 540 g/mol. The Balaban J connectivity index is 1.44. The minimum Gasteiger partial charge on any atom is -0.465 e. The van der Waals surface area contributed by atoms with Gasteiger partial charge in [0.1, 0.15) is 0 Å². The molecule has 9 heteroatoms. The van der Waals surface area contributed by atoms with Crippen LogP contribution in [0, 0.1) is 6.92 Å². The number of carbonyl (C=O) groups is 2. The molecule has 2 N–H and O–H groups in total. The number of aryl methyl sites for hydroxylation is 1. The molecule has 0 saturated carbocycles. The standard InChI is InChI=1S/C30H29N5O3S/c1-20-7-5-8-22(19-20)32-26(36)15-18-35-28(27(33-30(35)39)24-9-3-4-16-31-24)25-10-6-17-34(25)23-13-11-21(12-14-23)29(37)38-2/h3-14,16-17,19,27-28H,15,18H2,1-2H3,(H,32,36)(H,33,39). The fourth-order valence-electron chi connectivity index (χ4n) is 4.88. The lowest BCUT2D eigenvalue weighted by atomic mass is 10.0. The van der Waals surface area contributed by atoms with Crippen LogP contribution in [0.1, 0.15) is 45.8 Å². The normalized spacial score (nSPS) is 16.6. The molecule has 1 aliphatic heterocycles. The minimum atomic E-state index is -0.384. The summed E-state index contributed by atoms with van der Waals surface area (Å²) in [5.41, 5.74) is 5.04. The summed E-state index contributed by atoms with van der Waals surface area (Å²) in [5.74, 6) is -0.470. The summed E-state index contributed by atoms with van der Waals surface area (Å²) in [4.78, 5) is 31.5. The van der Waals surface area contributed by atoms with Crippen molar-refractivity contribution < 1.29 is 14.3 Å². The van der Waals surface area contributed by atoms with Gasteiger partial charge in [-0.1, -0.05) is 18.2 Å². The van der Waals surface area contributed by atoms with E-state index < -0.39 is 0 Å². The summed E-state index contributed by atoms with van der Waals surface area (Å²) in [6.45, 7) is 2.41.